The lowest BCUT2D eigenvalue weighted by Gasteiger charge is -2.16. The maximum absolute atomic E-state index is 12.6. The van der Waals surface area contributed by atoms with E-state index < -0.39 is 46.4 Å². The minimum absolute atomic E-state index is 0.180. The fourth-order valence-corrected chi connectivity index (χ4v) is 1.88. The Morgan fingerprint density at radius 2 is 1.85 bits per heavy atom. The Morgan fingerprint density at radius 1 is 1.30 bits per heavy atom. The molecule has 0 aliphatic rings. The largest absolute Gasteiger partial charge is 0.573 e. The fourth-order valence-electron chi connectivity index (χ4n) is 1.32. The Morgan fingerprint density at radius 3 is 2.20 bits per heavy atom. The molecule has 0 amide bonds. The van der Waals surface area contributed by atoms with Crippen molar-refractivity contribution in [3.05, 3.63) is 23.0 Å². The van der Waals surface area contributed by atoms with E-state index in [-0.39, 0.29) is 6.20 Å². The number of aromatic nitrogens is 1. The molecule has 0 unspecified atom stereocenters. The SMILES string of the molecule is O=C(O)c1c(C(F)(F)F)ncc(OC(F)(F)F)c1CBr. The summed E-state index contributed by atoms with van der Waals surface area (Å²) in [6.07, 6.45) is -10.1. The standard InChI is InChI=1S/C9H4BrF6NO3/c10-1-3-4(20-9(14,15)16)2-17-6(8(11,12)13)5(3)7(18)19/h2H,1H2,(H,18,19). The van der Waals surface area contributed by atoms with E-state index in [0.29, 0.717) is 0 Å². The van der Waals surface area contributed by atoms with Crippen molar-refractivity contribution in [1.82, 2.24) is 4.98 Å². The molecule has 0 radical (unpaired) electrons. The molecule has 1 aromatic heterocycles. The first-order valence-electron chi connectivity index (χ1n) is 4.61. The van der Waals surface area contributed by atoms with Gasteiger partial charge in [0, 0.05) is 10.9 Å². The van der Waals surface area contributed by atoms with Crippen LogP contribution in [0.5, 0.6) is 5.75 Å². The van der Waals surface area contributed by atoms with E-state index in [0.717, 1.165) is 0 Å². The molecule has 4 nitrogen and oxygen atoms in total. The Hall–Kier alpha value is -1.52. The van der Waals surface area contributed by atoms with Crippen LogP contribution in [0.25, 0.3) is 0 Å². The number of nitrogens with zero attached hydrogens (tertiary/aromatic N) is 1. The van der Waals surface area contributed by atoms with Gasteiger partial charge in [-0.1, -0.05) is 15.9 Å². The third kappa shape index (κ3) is 3.74. The number of carboxylic acids is 1. The number of rotatable bonds is 3. The molecule has 112 valence electrons. The summed E-state index contributed by atoms with van der Waals surface area (Å²) in [6.45, 7) is 0. The van der Waals surface area contributed by atoms with Gasteiger partial charge in [0.25, 0.3) is 0 Å². The molecule has 1 N–H and O–H groups in total. The van der Waals surface area contributed by atoms with Crippen LogP contribution in [0.2, 0.25) is 0 Å². The molecule has 11 heteroatoms. The summed E-state index contributed by atoms with van der Waals surface area (Å²) in [5, 5.41) is 8.17. The van der Waals surface area contributed by atoms with Gasteiger partial charge >= 0.3 is 18.5 Å². The van der Waals surface area contributed by atoms with Crippen LogP contribution < -0.4 is 4.74 Å². The number of alkyl halides is 7. The van der Waals surface area contributed by atoms with Crippen molar-refractivity contribution >= 4 is 21.9 Å². The first kappa shape index (κ1) is 16.5. The summed E-state index contributed by atoms with van der Waals surface area (Å²) in [7, 11) is 0. The average Bonchev–Trinajstić information content (AvgIpc) is 2.24. The minimum Gasteiger partial charge on any atom is -0.478 e. The summed E-state index contributed by atoms with van der Waals surface area (Å²) in [6, 6.07) is 0. The second-order valence-corrected chi connectivity index (χ2v) is 3.87. The van der Waals surface area contributed by atoms with E-state index in [1.165, 1.54) is 0 Å². The van der Waals surface area contributed by atoms with Crippen molar-refractivity contribution in [1.29, 1.82) is 0 Å². The molecule has 0 spiro atoms. The lowest BCUT2D eigenvalue weighted by Crippen LogP contribution is -2.22. The van der Waals surface area contributed by atoms with Crippen LogP contribution in [0.4, 0.5) is 26.3 Å². The van der Waals surface area contributed by atoms with Gasteiger partial charge in [-0.3, -0.25) is 0 Å². The normalized spacial score (nSPS) is 12.3. The predicted octanol–water partition coefficient (Wildman–Crippen LogP) is 3.59. The highest BCUT2D eigenvalue weighted by Crippen LogP contribution is 2.37. The van der Waals surface area contributed by atoms with Gasteiger partial charge in [0.2, 0.25) is 0 Å². The second kappa shape index (κ2) is 5.46. The van der Waals surface area contributed by atoms with Crippen LogP contribution in [0, 0.1) is 0 Å². The average molecular weight is 368 g/mol. The highest BCUT2D eigenvalue weighted by atomic mass is 79.9. The number of aromatic carboxylic acids is 1. The van der Waals surface area contributed by atoms with Crippen molar-refractivity contribution in [2.75, 3.05) is 0 Å². The van der Waals surface area contributed by atoms with Crippen LogP contribution >= 0.6 is 15.9 Å². The van der Waals surface area contributed by atoms with Crippen molar-refractivity contribution in [3.63, 3.8) is 0 Å². The molecule has 0 aliphatic carbocycles. The molecular weight excluding hydrogens is 364 g/mol. The van der Waals surface area contributed by atoms with E-state index in [1.54, 1.807) is 0 Å². The zero-order valence-electron chi connectivity index (χ0n) is 9.14. The fraction of sp³-hybridized carbons (Fsp3) is 0.333. The molecule has 20 heavy (non-hydrogen) atoms. The quantitative estimate of drug-likeness (QED) is 0.655. The predicted molar refractivity (Wildman–Crippen MR) is 55.5 cm³/mol. The van der Waals surface area contributed by atoms with Crippen molar-refractivity contribution < 1.29 is 41.0 Å². The van der Waals surface area contributed by atoms with Gasteiger partial charge in [0.15, 0.2) is 11.4 Å². The highest BCUT2D eigenvalue weighted by molar-refractivity contribution is 9.08. The van der Waals surface area contributed by atoms with Crippen LogP contribution in [-0.2, 0) is 11.5 Å². The Balaban J connectivity index is 3.54. The third-order valence-corrected chi connectivity index (χ3v) is 2.55. The zero-order chi connectivity index (χ0) is 15.7. The second-order valence-electron chi connectivity index (χ2n) is 3.31. The van der Waals surface area contributed by atoms with Crippen molar-refractivity contribution in [2.24, 2.45) is 0 Å². The number of carboxylic acid groups (broad SMARTS) is 1. The highest BCUT2D eigenvalue weighted by Gasteiger charge is 2.41. The third-order valence-electron chi connectivity index (χ3n) is 1.99. The van der Waals surface area contributed by atoms with Crippen LogP contribution in [-0.4, -0.2) is 22.4 Å². The minimum atomic E-state index is -5.19. The van der Waals surface area contributed by atoms with Gasteiger partial charge in [0.05, 0.1) is 11.8 Å². The monoisotopic (exact) mass is 367 g/mol. The molecular formula is C9H4BrF6NO3. The van der Waals surface area contributed by atoms with E-state index in [2.05, 4.69) is 25.7 Å². The lowest BCUT2D eigenvalue weighted by atomic mass is 10.1. The van der Waals surface area contributed by atoms with E-state index in [4.69, 9.17) is 5.11 Å². The first-order chi connectivity index (χ1) is 8.97. The van der Waals surface area contributed by atoms with Crippen molar-refractivity contribution in [2.45, 2.75) is 17.9 Å². The molecule has 1 aromatic rings. The van der Waals surface area contributed by atoms with Gasteiger partial charge in [-0.2, -0.15) is 13.2 Å². The van der Waals surface area contributed by atoms with Gasteiger partial charge < -0.3 is 9.84 Å². The Kier molecular flexibility index (Phi) is 4.52. The number of pyridine rings is 1. The molecule has 0 atom stereocenters. The lowest BCUT2D eigenvalue weighted by molar-refractivity contribution is -0.275. The van der Waals surface area contributed by atoms with Gasteiger partial charge in [0.1, 0.15) is 0 Å². The first-order valence-corrected chi connectivity index (χ1v) is 5.73. The molecule has 1 rings (SSSR count). The summed E-state index contributed by atoms with van der Waals surface area (Å²) >= 11 is 2.63. The van der Waals surface area contributed by atoms with E-state index in [1.807, 2.05) is 0 Å². The Labute approximate surface area is 115 Å². The number of hydrogen-bond donors (Lipinski definition) is 1. The van der Waals surface area contributed by atoms with Gasteiger partial charge in [-0.05, 0) is 0 Å². The summed E-state index contributed by atoms with van der Waals surface area (Å²) in [5.74, 6) is -3.17. The zero-order valence-corrected chi connectivity index (χ0v) is 10.7. The summed E-state index contributed by atoms with van der Waals surface area (Å²) < 4.78 is 77.5. The van der Waals surface area contributed by atoms with Crippen LogP contribution in [0.1, 0.15) is 21.6 Å². The number of hydrogen-bond acceptors (Lipinski definition) is 3. The maximum Gasteiger partial charge on any atom is 0.573 e. The molecule has 0 aromatic carbocycles. The summed E-state index contributed by atoms with van der Waals surface area (Å²) in [4.78, 5) is 13.6. The summed E-state index contributed by atoms with van der Waals surface area (Å²) in [5.41, 5.74) is -4.00. The van der Waals surface area contributed by atoms with Crippen LogP contribution in [0.3, 0.4) is 0 Å². The number of halogens is 7. The number of ether oxygens (including phenoxy) is 1. The van der Waals surface area contributed by atoms with E-state index in [9.17, 15) is 31.1 Å². The van der Waals surface area contributed by atoms with Gasteiger partial charge in [-0.15, -0.1) is 13.2 Å². The topological polar surface area (TPSA) is 59.4 Å². The molecule has 1 heterocycles. The molecule has 0 bridgehead atoms. The smallest absolute Gasteiger partial charge is 0.478 e. The van der Waals surface area contributed by atoms with Gasteiger partial charge in [-0.25, -0.2) is 9.78 Å². The Bertz CT molecular complexity index is 528. The molecule has 0 saturated heterocycles. The molecule has 0 aliphatic heterocycles. The maximum atomic E-state index is 12.6. The molecule has 0 saturated carbocycles. The van der Waals surface area contributed by atoms with Crippen LogP contribution in [0.15, 0.2) is 6.20 Å². The van der Waals surface area contributed by atoms with E-state index >= 15 is 0 Å². The molecule has 0 fully saturated rings. The van der Waals surface area contributed by atoms with Crippen molar-refractivity contribution in [3.8, 4) is 5.75 Å². The number of carbonyl (C=O) groups is 1.